The fourth-order valence-electron chi connectivity index (χ4n) is 2.87. The summed E-state index contributed by atoms with van der Waals surface area (Å²) in [5.41, 5.74) is 15.0. The molecule has 0 spiro atoms. The van der Waals surface area contributed by atoms with E-state index in [1.807, 2.05) is 12.1 Å². The molecule has 0 aliphatic rings. The molecule has 0 saturated carbocycles. The zero-order chi connectivity index (χ0) is 16.7. The van der Waals surface area contributed by atoms with Crippen LogP contribution >= 0.6 is 0 Å². The number of hydrogen-bond acceptors (Lipinski definition) is 1. The standard InChI is InChI=1S/C12H18.C9H13N/c1-4-10-8-7-9-11(5-2)12(10)6-3;1-6-4-9(10)5-7(2)8(6)3/h7-9H,4-6H2,1-3H3;4-5H,10H2,1-3H3. The van der Waals surface area contributed by atoms with Crippen LogP contribution in [0, 0.1) is 20.8 Å². The molecule has 1 nitrogen and oxygen atoms in total. The third-order valence-corrected chi connectivity index (χ3v) is 4.43. The number of rotatable bonds is 3. The molecule has 0 aliphatic heterocycles. The topological polar surface area (TPSA) is 26.0 Å². The Balaban J connectivity index is 0.000000224. The monoisotopic (exact) mass is 297 g/mol. The minimum Gasteiger partial charge on any atom is -0.399 e. The normalized spacial score (nSPS) is 10.1. The Morgan fingerprint density at radius 1 is 0.773 bits per heavy atom. The van der Waals surface area contributed by atoms with Gasteiger partial charge in [0.05, 0.1) is 0 Å². The van der Waals surface area contributed by atoms with Crippen LogP contribution in [0.15, 0.2) is 30.3 Å². The third kappa shape index (κ3) is 4.62. The molecule has 0 aliphatic carbocycles. The van der Waals surface area contributed by atoms with Crippen LogP contribution in [0.4, 0.5) is 5.69 Å². The predicted octanol–water partition coefficient (Wildman–Crippen LogP) is 5.57. The van der Waals surface area contributed by atoms with Crippen LogP contribution in [-0.4, -0.2) is 0 Å². The fraction of sp³-hybridized carbons (Fsp3) is 0.429. The second kappa shape index (κ2) is 8.63. The summed E-state index contributed by atoms with van der Waals surface area (Å²) in [4.78, 5) is 0. The Morgan fingerprint density at radius 2 is 1.23 bits per heavy atom. The lowest BCUT2D eigenvalue weighted by Gasteiger charge is -2.10. The van der Waals surface area contributed by atoms with Crippen molar-refractivity contribution in [3.8, 4) is 0 Å². The van der Waals surface area contributed by atoms with Crippen LogP contribution in [0.3, 0.4) is 0 Å². The Bertz CT molecular complexity index is 566. The second-order valence-corrected chi connectivity index (χ2v) is 5.90. The molecule has 2 N–H and O–H groups in total. The van der Waals surface area contributed by atoms with Crippen LogP contribution in [0.2, 0.25) is 0 Å². The lowest BCUT2D eigenvalue weighted by Crippen LogP contribution is -1.96. The van der Waals surface area contributed by atoms with Crippen molar-refractivity contribution in [2.24, 2.45) is 0 Å². The van der Waals surface area contributed by atoms with Crippen molar-refractivity contribution in [1.29, 1.82) is 0 Å². The lowest BCUT2D eigenvalue weighted by atomic mass is 9.96. The van der Waals surface area contributed by atoms with Crippen molar-refractivity contribution in [3.05, 3.63) is 63.7 Å². The van der Waals surface area contributed by atoms with Gasteiger partial charge in [-0.2, -0.15) is 0 Å². The van der Waals surface area contributed by atoms with Gasteiger partial charge in [-0.05, 0) is 85.5 Å². The van der Waals surface area contributed by atoms with Gasteiger partial charge in [0.25, 0.3) is 0 Å². The number of anilines is 1. The summed E-state index contributed by atoms with van der Waals surface area (Å²) in [5.74, 6) is 0. The molecular formula is C21H31N. The van der Waals surface area contributed by atoms with Gasteiger partial charge in [-0.3, -0.25) is 0 Å². The Labute approximate surface area is 136 Å². The first-order valence-electron chi connectivity index (χ1n) is 8.37. The van der Waals surface area contributed by atoms with Crippen molar-refractivity contribution in [3.63, 3.8) is 0 Å². The van der Waals surface area contributed by atoms with Crippen LogP contribution in [0.1, 0.15) is 54.2 Å². The van der Waals surface area contributed by atoms with Gasteiger partial charge in [-0.25, -0.2) is 0 Å². The first kappa shape index (κ1) is 18.3. The van der Waals surface area contributed by atoms with Crippen LogP contribution < -0.4 is 5.73 Å². The van der Waals surface area contributed by atoms with Gasteiger partial charge in [-0.1, -0.05) is 39.0 Å². The lowest BCUT2D eigenvalue weighted by molar-refractivity contribution is 0.981. The molecule has 0 saturated heterocycles. The van der Waals surface area contributed by atoms with Crippen molar-refractivity contribution >= 4 is 5.69 Å². The third-order valence-electron chi connectivity index (χ3n) is 4.43. The molecule has 0 fully saturated rings. The first-order chi connectivity index (χ1) is 10.4. The Morgan fingerprint density at radius 3 is 1.59 bits per heavy atom. The van der Waals surface area contributed by atoms with E-state index in [-0.39, 0.29) is 0 Å². The maximum Gasteiger partial charge on any atom is 0.0319 e. The van der Waals surface area contributed by atoms with E-state index in [1.165, 1.54) is 34.2 Å². The van der Waals surface area contributed by atoms with Gasteiger partial charge in [0.15, 0.2) is 0 Å². The molecule has 1 heteroatoms. The summed E-state index contributed by atoms with van der Waals surface area (Å²) in [6.07, 6.45) is 3.50. The van der Waals surface area contributed by atoms with E-state index in [0.29, 0.717) is 0 Å². The van der Waals surface area contributed by atoms with Gasteiger partial charge < -0.3 is 5.73 Å². The summed E-state index contributed by atoms with van der Waals surface area (Å²) in [7, 11) is 0. The number of aryl methyl sites for hydroxylation is 4. The SMILES string of the molecule is CCc1cccc(CC)c1CC.Cc1cc(N)cc(C)c1C. The average Bonchev–Trinajstić information content (AvgIpc) is 2.52. The van der Waals surface area contributed by atoms with Crippen molar-refractivity contribution in [1.82, 2.24) is 0 Å². The summed E-state index contributed by atoms with van der Waals surface area (Å²) < 4.78 is 0. The highest BCUT2D eigenvalue weighted by Gasteiger charge is 2.02. The zero-order valence-corrected chi connectivity index (χ0v) is 15.1. The molecule has 2 rings (SSSR count). The molecule has 120 valence electrons. The molecule has 22 heavy (non-hydrogen) atoms. The van der Waals surface area contributed by atoms with E-state index >= 15 is 0 Å². The van der Waals surface area contributed by atoms with E-state index in [0.717, 1.165) is 18.5 Å². The van der Waals surface area contributed by atoms with E-state index in [2.05, 4.69) is 59.7 Å². The van der Waals surface area contributed by atoms with Crippen molar-refractivity contribution in [2.75, 3.05) is 5.73 Å². The van der Waals surface area contributed by atoms with Crippen LogP contribution in [0.25, 0.3) is 0 Å². The highest BCUT2D eigenvalue weighted by molar-refractivity contribution is 5.48. The van der Waals surface area contributed by atoms with Gasteiger partial charge in [-0.15, -0.1) is 0 Å². The fourth-order valence-corrected chi connectivity index (χ4v) is 2.87. The van der Waals surface area contributed by atoms with Crippen LogP contribution in [0.5, 0.6) is 0 Å². The molecule has 0 bridgehead atoms. The molecule has 2 aromatic rings. The average molecular weight is 297 g/mol. The van der Waals surface area contributed by atoms with Gasteiger partial charge >= 0.3 is 0 Å². The van der Waals surface area contributed by atoms with Crippen LogP contribution in [-0.2, 0) is 19.3 Å². The van der Waals surface area contributed by atoms with E-state index in [4.69, 9.17) is 5.73 Å². The number of hydrogen-bond donors (Lipinski definition) is 1. The Hall–Kier alpha value is -1.76. The van der Waals surface area contributed by atoms with Gasteiger partial charge in [0.2, 0.25) is 0 Å². The van der Waals surface area contributed by atoms with Crippen molar-refractivity contribution in [2.45, 2.75) is 60.8 Å². The molecular weight excluding hydrogens is 266 g/mol. The highest BCUT2D eigenvalue weighted by atomic mass is 14.5. The maximum absolute atomic E-state index is 5.63. The summed E-state index contributed by atoms with van der Waals surface area (Å²) in [6, 6.07) is 10.7. The number of nitrogens with two attached hydrogens (primary N) is 1. The molecule has 0 unspecified atom stereocenters. The molecule has 2 aromatic carbocycles. The van der Waals surface area contributed by atoms with Crippen molar-refractivity contribution < 1.29 is 0 Å². The summed E-state index contributed by atoms with van der Waals surface area (Å²) in [5, 5.41) is 0. The van der Waals surface area contributed by atoms with E-state index in [9.17, 15) is 0 Å². The summed E-state index contributed by atoms with van der Waals surface area (Å²) >= 11 is 0. The predicted molar refractivity (Wildman–Crippen MR) is 99.6 cm³/mol. The molecule has 0 amide bonds. The number of benzene rings is 2. The molecule has 0 atom stereocenters. The minimum absolute atomic E-state index is 0.862. The minimum atomic E-state index is 0.862. The molecule has 0 radical (unpaired) electrons. The van der Waals surface area contributed by atoms with Gasteiger partial charge in [0.1, 0.15) is 0 Å². The first-order valence-corrected chi connectivity index (χ1v) is 8.37. The Kier molecular flexibility index (Phi) is 7.17. The second-order valence-electron chi connectivity index (χ2n) is 5.90. The largest absolute Gasteiger partial charge is 0.399 e. The maximum atomic E-state index is 5.63. The van der Waals surface area contributed by atoms with E-state index < -0.39 is 0 Å². The molecule has 0 aromatic heterocycles. The molecule has 0 heterocycles. The highest BCUT2D eigenvalue weighted by Crippen LogP contribution is 2.17. The summed E-state index contributed by atoms with van der Waals surface area (Å²) in [6.45, 7) is 13.0. The zero-order valence-electron chi connectivity index (χ0n) is 15.1. The smallest absolute Gasteiger partial charge is 0.0319 e. The van der Waals surface area contributed by atoms with E-state index in [1.54, 1.807) is 5.56 Å². The van der Waals surface area contributed by atoms with Gasteiger partial charge in [0, 0.05) is 5.69 Å². The number of nitrogen functional groups attached to an aromatic ring is 1. The quantitative estimate of drug-likeness (QED) is 0.737.